The van der Waals surface area contributed by atoms with Crippen LogP contribution in [0, 0.1) is 11.3 Å². The Balaban J connectivity index is 1.71. The molecule has 1 aromatic heterocycles. The predicted octanol–water partition coefficient (Wildman–Crippen LogP) is 3.31. The van der Waals surface area contributed by atoms with Crippen molar-refractivity contribution in [1.82, 2.24) is 4.98 Å². The minimum absolute atomic E-state index is 0.234. The smallest absolute Gasteiger partial charge is 0.161 e. The van der Waals surface area contributed by atoms with Crippen molar-refractivity contribution in [3.8, 4) is 17.6 Å². The first-order chi connectivity index (χ1) is 12.1. The van der Waals surface area contributed by atoms with Crippen LogP contribution >= 0.6 is 11.6 Å². The first-order valence-corrected chi connectivity index (χ1v) is 8.32. The standard InChI is InChI=1S/C18H19ClN4O2/c1-24-14-7-13(8-15(9-14)25-2)23-6-5-12(11-23)21-18-4-3-16(19)17(10-20)22-18/h3-4,7-9,12H,5-6,11H2,1-2H3,(H,21,22). The molecule has 1 fully saturated rings. The highest BCUT2D eigenvalue weighted by Crippen LogP contribution is 2.31. The summed E-state index contributed by atoms with van der Waals surface area (Å²) in [5, 5.41) is 12.8. The van der Waals surface area contributed by atoms with Crippen LogP contribution in [0.25, 0.3) is 0 Å². The summed E-state index contributed by atoms with van der Waals surface area (Å²) in [5.74, 6) is 2.20. The minimum atomic E-state index is 0.234. The van der Waals surface area contributed by atoms with Gasteiger partial charge in [-0.2, -0.15) is 5.26 Å². The molecule has 1 aromatic carbocycles. The molecule has 0 aliphatic carbocycles. The van der Waals surface area contributed by atoms with E-state index in [0.29, 0.717) is 10.8 Å². The number of rotatable bonds is 5. The van der Waals surface area contributed by atoms with E-state index >= 15 is 0 Å². The molecule has 1 aliphatic heterocycles. The number of hydrogen-bond donors (Lipinski definition) is 1. The maximum atomic E-state index is 9.04. The van der Waals surface area contributed by atoms with E-state index in [2.05, 4.69) is 15.2 Å². The molecule has 1 saturated heterocycles. The minimum Gasteiger partial charge on any atom is -0.497 e. The molecule has 7 heteroatoms. The van der Waals surface area contributed by atoms with E-state index in [-0.39, 0.29) is 11.7 Å². The molecule has 0 radical (unpaired) electrons. The third-order valence-corrected chi connectivity index (χ3v) is 4.50. The maximum Gasteiger partial charge on any atom is 0.161 e. The third kappa shape index (κ3) is 3.89. The van der Waals surface area contributed by atoms with Gasteiger partial charge in [0.2, 0.25) is 0 Å². The van der Waals surface area contributed by atoms with E-state index in [1.807, 2.05) is 24.3 Å². The molecule has 1 unspecified atom stereocenters. The summed E-state index contributed by atoms with van der Waals surface area (Å²) in [6.07, 6.45) is 0.964. The van der Waals surface area contributed by atoms with Crippen molar-refractivity contribution in [3.63, 3.8) is 0 Å². The van der Waals surface area contributed by atoms with Crippen molar-refractivity contribution in [2.24, 2.45) is 0 Å². The van der Waals surface area contributed by atoms with Crippen LogP contribution in [0.4, 0.5) is 11.5 Å². The largest absolute Gasteiger partial charge is 0.497 e. The molecule has 130 valence electrons. The number of aromatic nitrogens is 1. The van der Waals surface area contributed by atoms with Gasteiger partial charge in [0.1, 0.15) is 23.4 Å². The zero-order chi connectivity index (χ0) is 17.8. The van der Waals surface area contributed by atoms with Crippen molar-refractivity contribution in [2.75, 3.05) is 37.5 Å². The SMILES string of the molecule is COc1cc(OC)cc(N2CCC(Nc3ccc(Cl)c(C#N)n3)C2)c1. The second-order valence-corrected chi connectivity index (χ2v) is 6.19. The third-order valence-electron chi connectivity index (χ3n) is 4.19. The average molecular weight is 359 g/mol. The van der Waals surface area contributed by atoms with Gasteiger partial charge in [-0.05, 0) is 18.6 Å². The molecule has 2 heterocycles. The van der Waals surface area contributed by atoms with Gasteiger partial charge in [0.25, 0.3) is 0 Å². The number of nitriles is 1. The van der Waals surface area contributed by atoms with Gasteiger partial charge in [-0.1, -0.05) is 11.6 Å². The van der Waals surface area contributed by atoms with Crippen LogP contribution in [0.1, 0.15) is 12.1 Å². The number of benzene rings is 1. The highest BCUT2D eigenvalue weighted by Gasteiger charge is 2.24. The molecule has 1 aliphatic rings. The fourth-order valence-electron chi connectivity index (χ4n) is 2.90. The summed E-state index contributed by atoms with van der Waals surface area (Å²) in [5.41, 5.74) is 1.29. The highest BCUT2D eigenvalue weighted by atomic mass is 35.5. The molecule has 0 bridgehead atoms. The van der Waals surface area contributed by atoms with Gasteiger partial charge in [-0.25, -0.2) is 4.98 Å². The van der Waals surface area contributed by atoms with Gasteiger partial charge in [-0.15, -0.1) is 0 Å². The molecule has 1 atom stereocenters. The molecule has 3 rings (SSSR count). The van der Waals surface area contributed by atoms with E-state index in [9.17, 15) is 0 Å². The number of anilines is 2. The number of nitrogens with zero attached hydrogens (tertiary/aromatic N) is 3. The molecule has 2 aromatic rings. The first kappa shape index (κ1) is 17.2. The van der Waals surface area contributed by atoms with Crippen LogP contribution in [0.3, 0.4) is 0 Å². The van der Waals surface area contributed by atoms with Crippen LogP contribution in [0.2, 0.25) is 5.02 Å². The summed E-state index contributed by atoms with van der Waals surface area (Å²) < 4.78 is 10.7. The Morgan fingerprint density at radius 2 is 1.96 bits per heavy atom. The lowest BCUT2D eigenvalue weighted by molar-refractivity contribution is 0.394. The van der Waals surface area contributed by atoms with Crippen LogP contribution in [-0.4, -0.2) is 38.3 Å². The van der Waals surface area contributed by atoms with Crippen LogP contribution in [0.5, 0.6) is 11.5 Å². The maximum absolute atomic E-state index is 9.04. The molecular formula is C18H19ClN4O2. The van der Waals surface area contributed by atoms with Gasteiger partial charge in [0.15, 0.2) is 5.69 Å². The summed E-state index contributed by atoms with van der Waals surface area (Å²) in [4.78, 5) is 6.51. The number of halogens is 1. The molecular weight excluding hydrogens is 340 g/mol. The number of pyridine rings is 1. The zero-order valence-electron chi connectivity index (χ0n) is 14.1. The van der Waals surface area contributed by atoms with E-state index in [1.165, 1.54) is 0 Å². The second kappa shape index (κ2) is 7.49. The molecule has 1 N–H and O–H groups in total. The zero-order valence-corrected chi connectivity index (χ0v) is 14.9. The summed E-state index contributed by atoms with van der Waals surface area (Å²) in [6.45, 7) is 1.73. The molecule has 0 saturated carbocycles. The van der Waals surface area contributed by atoms with Crippen molar-refractivity contribution < 1.29 is 9.47 Å². The van der Waals surface area contributed by atoms with E-state index < -0.39 is 0 Å². The van der Waals surface area contributed by atoms with Crippen molar-refractivity contribution >= 4 is 23.1 Å². The van der Waals surface area contributed by atoms with Crippen LogP contribution < -0.4 is 19.7 Å². The quantitative estimate of drug-likeness (QED) is 0.884. The lowest BCUT2D eigenvalue weighted by Crippen LogP contribution is -2.26. The molecule has 0 spiro atoms. The summed E-state index contributed by atoms with van der Waals surface area (Å²) >= 11 is 5.93. The predicted molar refractivity (Wildman–Crippen MR) is 97.7 cm³/mol. The van der Waals surface area contributed by atoms with E-state index in [0.717, 1.165) is 36.7 Å². The Morgan fingerprint density at radius 3 is 2.60 bits per heavy atom. The molecule has 6 nitrogen and oxygen atoms in total. The average Bonchev–Trinajstić information content (AvgIpc) is 3.11. The lowest BCUT2D eigenvalue weighted by atomic mass is 10.2. The number of hydrogen-bond acceptors (Lipinski definition) is 6. The fourth-order valence-corrected chi connectivity index (χ4v) is 3.05. The first-order valence-electron chi connectivity index (χ1n) is 7.94. The summed E-state index contributed by atoms with van der Waals surface area (Å²) in [7, 11) is 3.29. The normalized spacial score (nSPS) is 16.4. The molecule has 0 amide bonds. The fraction of sp³-hybridized carbons (Fsp3) is 0.333. The lowest BCUT2D eigenvalue weighted by Gasteiger charge is -2.21. The van der Waals surface area contributed by atoms with Gasteiger partial charge >= 0.3 is 0 Å². The summed E-state index contributed by atoms with van der Waals surface area (Å²) in [6, 6.07) is 11.6. The number of methoxy groups -OCH3 is 2. The topological polar surface area (TPSA) is 70.4 Å². The van der Waals surface area contributed by atoms with E-state index in [4.69, 9.17) is 26.3 Å². The highest BCUT2D eigenvalue weighted by molar-refractivity contribution is 6.31. The van der Waals surface area contributed by atoms with Crippen LogP contribution in [-0.2, 0) is 0 Å². The Hall–Kier alpha value is -2.65. The second-order valence-electron chi connectivity index (χ2n) is 5.79. The molecule has 25 heavy (non-hydrogen) atoms. The number of nitrogens with one attached hydrogen (secondary N) is 1. The monoisotopic (exact) mass is 358 g/mol. The van der Waals surface area contributed by atoms with E-state index in [1.54, 1.807) is 26.4 Å². The van der Waals surface area contributed by atoms with Crippen molar-refractivity contribution in [2.45, 2.75) is 12.5 Å². The van der Waals surface area contributed by atoms with Crippen molar-refractivity contribution in [3.05, 3.63) is 41.0 Å². The Labute approximate surface area is 151 Å². The van der Waals surface area contributed by atoms with Gasteiger partial charge < -0.3 is 19.7 Å². The Kier molecular flexibility index (Phi) is 5.15. The number of ether oxygens (including phenoxy) is 2. The Bertz CT molecular complexity index is 784. The van der Waals surface area contributed by atoms with Gasteiger partial charge in [-0.3, -0.25) is 0 Å². The van der Waals surface area contributed by atoms with Gasteiger partial charge in [0, 0.05) is 43.0 Å². The van der Waals surface area contributed by atoms with Crippen molar-refractivity contribution in [1.29, 1.82) is 5.26 Å². The van der Waals surface area contributed by atoms with Gasteiger partial charge in [0.05, 0.1) is 19.2 Å². The van der Waals surface area contributed by atoms with Crippen LogP contribution in [0.15, 0.2) is 30.3 Å². The Morgan fingerprint density at radius 1 is 1.24 bits per heavy atom.